The molecule has 100 valence electrons. The van der Waals surface area contributed by atoms with Gasteiger partial charge in [-0.25, -0.2) is 0 Å². The highest BCUT2D eigenvalue weighted by molar-refractivity contribution is 9.09. The van der Waals surface area contributed by atoms with Gasteiger partial charge in [0.1, 0.15) is 0 Å². The highest BCUT2D eigenvalue weighted by Gasteiger charge is 2.17. The van der Waals surface area contributed by atoms with Gasteiger partial charge < -0.3 is 4.74 Å². The highest BCUT2D eigenvalue weighted by atomic mass is 79.9. The lowest BCUT2D eigenvalue weighted by Crippen LogP contribution is -2.12. The summed E-state index contributed by atoms with van der Waals surface area (Å²) < 4.78 is 5.70. The van der Waals surface area contributed by atoms with E-state index in [0.717, 1.165) is 17.9 Å². The van der Waals surface area contributed by atoms with Crippen LogP contribution in [0, 0.1) is 12.8 Å². The van der Waals surface area contributed by atoms with Crippen LogP contribution in [0.5, 0.6) is 0 Å². The molecule has 0 saturated carbocycles. The number of alkyl halides is 1. The Morgan fingerprint density at radius 3 is 3.00 bits per heavy atom. The minimum absolute atomic E-state index is 0.532. The molecule has 0 amide bonds. The zero-order valence-corrected chi connectivity index (χ0v) is 12.8. The second kappa shape index (κ2) is 7.30. The monoisotopic (exact) mass is 310 g/mol. The summed E-state index contributed by atoms with van der Waals surface area (Å²) in [5.41, 5.74) is 2.83. The number of benzene rings is 1. The standard InChI is InChI=1S/C16H23BrO/c1-13-4-2-5-14(10-13)11-15(12-17)7-8-16-6-3-9-18-16/h2,4-5,10,15-16H,3,6-9,11-12H2,1H3. The van der Waals surface area contributed by atoms with Crippen LogP contribution in [0.25, 0.3) is 0 Å². The van der Waals surface area contributed by atoms with Crippen LogP contribution < -0.4 is 0 Å². The molecule has 2 unspecified atom stereocenters. The third-order valence-electron chi connectivity index (χ3n) is 3.75. The van der Waals surface area contributed by atoms with Gasteiger partial charge in [-0.15, -0.1) is 0 Å². The van der Waals surface area contributed by atoms with Gasteiger partial charge in [-0.1, -0.05) is 45.8 Å². The molecule has 2 atom stereocenters. The summed E-state index contributed by atoms with van der Waals surface area (Å²) in [5.74, 6) is 0.732. The van der Waals surface area contributed by atoms with E-state index in [2.05, 4.69) is 47.1 Å². The summed E-state index contributed by atoms with van der Waals surface area (Å²) in [6.45, 7) is 3.14. The number of aryl methyl sites for hydroxylation is 1. The molecule has 0 aromatic heterocycles. The molecule has 2 heteroatoms. The molecule has 1 aliphatic rings. The molecule has 1 aromatic rings. The summed E-state index contributed by atoms with van der Waals surface area (Å²) in [6, 6.07) is 8.88. The molecule has 0 N–H and O–H groups in total. The summed E-state index contributed by atoms with van der Waals surface area (Å²) in [5, 5.41) is 1.09. The van der Waals surface area contributed by atoms with Crippen molar-refractivity contribution in [3.63, 3.8) is 0 Å². The summed E-state index contributed by atoms with van der Waals surface area (Å²) in [6.07, 6.45) is 6.72. The van der Waals surface area contributed by atoms with E-state index >= 15 is 0 Å². The Morgan fingerprint density at radius 1 is 1.44 bits per heavy atom. The molecule has 0 radical (unpaired) electrons. The van der Waals surface area contributed by atoms with Crippen LogP contribution in [0.4, 0.5) is 0 Å². The zero-order chi connectivity index (χ0) is 12.8. The molecule has 0 spiro atoms. The Hall–Kier alpha value is -0.340. The first-order valence-electron chi connectivity index (χ1n) is 7.01. The molecule has 1 heterocycles. The summed E-state index contributed by atoms with van der Waals surface area (Å²) >= 11 is 3.66. The van der Waals surface area contributed by atoms with Crippen molar-refractivity contribution in [1.29, 1.82) is 0 Å². The second-order valence-electron chi connectivity index (χ2n) is 5.43. The normalized spacial score (nSPS) is 21.1. The van der Waals surface area contributed by atoms with E-state index in [0.29, 0.717) is 6.10 Å². The van der Waals surface area contributed by atoms with Crippen molar-refractivity contribution in [2.24, 2.45) is 5.92 Å². The average Bonchev–Trinajstić information content (AvgIpc) is 2.87. The van der Waals surface area contributed by atoms with Crippen LogP contribution in [0.15, 0.2) is 24.3 Å². The number of ether oxygens (including phenoxy) is 1. The molecule has 1 aliphatic heterocycles. The van der Waals surface area contributed by atoms with Crippen molar-refractivity contribution in [2.45, 2.75) is 45.1 Å². The molecular formula is C16H23BrO. The molecule has 1 aromatic carbocycles. The van der Waals surface area contributed by atoms with E-state index in [9.17, 15) is 0 Å². The summed E-state index contributed by atoms with van der Waals surface area (Å²) in [4.78, 5) is 0. The highest BCUT2D eigenvalue weighted by Crippen LogP contribution is 2.23. The molecule has 0 bridgehead atoms. The molecule has 18 heavy (non-hydrogen) atoms. The van der Waals surface area contributed by atoms with Crippen LogP contribution in [-0.2, 0) is 11.2 Å². The Kier molecular flexibility index (Phi) is 5.71. The van der Waals surface area contributed by atoms with Crippen LogP contribution >= 0.6 is 15.9 Å². The molecular weight excluding hydrogens is 288 g/mol. The van der Waals surface area contributed by atoms with Gasteiger partial charge in [0.2, 0.25) is 0 Å². The van der Waals surface area contributed by atoms with E-state index < -0.39 is 0 Å². The van der Waals surface area contributed by atoms with E-state index in [1.54, 1.807) is 0 Å². The van der Waals surface area contributed by atoms with Crippen molar-refractivity contribution >= 4 is 15.9 Å². The third-order valence-corrected chi connectivity index (χ3v) is 4.66. The fourth-order valence-corrected chi connectivity index (χ4v) is 3.25. The fraction of sp³-hybridized carbons (Fsp3) is 0.625. The summed E-state index contributed by atoms with van der Waals surface area (Å²) in [7, 11) is 0. The van der Waals surface area contributed by atoms with E-state index in [4.69, 9.17) is 4.74 Å². The van der Waals surface area contributed by atoms with Crippen molar-refractivity contribution in [3.05, 3.63) is 35.4 Å². The first-order chi connectivity index (χ1) is 8.78. The first kappa shape index (κ1) is 14.1. The number of halogens is 1. The SMILES string of the molecule is Cc1cccc(CC(CBr)CCC2CCCO2)c1. The van der Waals surface area contributed by atoms with Gasteiger partial charge in [-0.05, 0) is 50.5 Å². The van der Waals surface area contributed by atoms with Gasteiger partial charge in [-0.3, -0.25) is 0 Å². The largest absolute Gasteiger partial charge is 0.378 e. The maximum absolute atomic E-state index is 5.70. The second-order valence-corrected chi connectivity index (χ2v) is 6.07. The number of hydrogen-bond donors (Lipinski definition) is 0. The van der Waals surface area contributed by atoms with Gasteiger partial charge >= 0.3 is 0 Å². The molecule has 1 saturated heterocycles. The average molecular weight is 311 g/mol. The zero-order valence-electron chi connectivity index (χ0n) is 11.2. The van der Waals surface area contributed by atoms with Crippen LogP contribution in [0.3, 0.4) is 0 Å². The van der Waals surface area contributed by atoms with E-state index in [1.807, 2.05) is 0 Å². The molecule has 1 fully saturated rings. The molecule has 2 rings (SSSR count). The third kappa shape index (κ3) is 4.40. The molecule has 0 aliphatic carbocycles. The number of rotatable bonds is 6. The van der Waals surface area contributed by atoms with Gasteiger partial charge in [-0.2, -0.15) is 0 Å². The Labute approximate surface area is 119 Å². The maximum atomic E-state index is 5.70. The van der Waals surface area contributed by atoms with Gasteiger partial charge in [0.05, 0.1) is 6.10 Å². The smallest absolute Gasteiger partial charge is 0.0576 e. The Bertz CT molecular complexity index is 358. The van der Waals surface area contributed by atoms with Crippen LogP contribution in [-0.4, -0.2) is 18.0 Å². The topological polar surface area (TPSA) is 9.23 Å². The van der Waals surface area contributed by atoms with Gasteiger partial charge in [0.15, 0.2) is 0 Å². The Morgan fingerprint density at radius 2 is 2.33 bits per heavy atom. The van der Waals surface area contributed by atoms with Crippen molar-refractivity contribution in [3.8, 4) is 0 Å². The van der Waals surface area contributed by atoms with Crippen molar-refractivity contribution in [1.82, 2.24) is 0 Å². The van der Waals surface area contributed by atoms with Gasteiger partial charge in [0, 0.05) is 11.9 Å². The lowest BCUT2D eigenvalue weighted by molar-refractivity contribution is 0.0989. The van der Waals surface area contributed by atoms with Crippen molar-refractivity contribution in [2.75, 3.05) is 11.9 Å². The fourth-order valence-electron chi connectivity index (χ4n) is 2.70. The number of hydrogen-bond acceptors (Lipinski definition) is 1. The van der Waals surface area contributed by atoms with Crippen LogP contribution in [0.1, 0.15) is 36.8 Å². The lowest BCUT2D eigenvalue weighted by Gasteiger charge is -2.17. The van der Waals surface area contributed by atoms with Gasteiger partial charge in [0.25, 0.3) is 0 Å². The molecule has 1 nitrogen and oxygen atoms in total. The van der Waals surface area contributed by atoms with Crippen LogP contribution in [0.2, 0.25) is 0 Å². The van der Waals surface area contributed by atoms with E-state index in [-0.39, 0.29) is 0 Å². The quantitative estimate of drug-likeness (QED) is 0.703. The predicted molar refractivity (Wildman–Crippen MR) is 80.4 cm³/mol. The minimum atomic E-state index is 0.532. The van der Waals surface area contributed by atoms with E-state index in [1.165, 1.54) is 43.2 Å². The minimum Gasteiger partial charge on any atom is -0.378 e. The van der Waals surface area contributed by atoms with Crippen molar-refractivity contribution < 1.29 is 4.74 Å². The predicted octanol–water partition coefficient (Wildman–Crippen LogP) is 4.51. The Balaban J connectivity index is 1.81. The first-order valence-corrected chi connectivity index (χ1v) is 8.13. The lowest BCUT2D eigenvalue weighted by atomic mass is 9.94. The maximum Gasteiger partial charge on any atom is 0.0576 e.